The van der Waals surface area contributed by atoms with Gasteiger partial charge >= 0.3 is 5.97 Å². The number of aliphatic hydroxyl groups excluding tert-OH is 1. The molecule has 0 saturated carbocycles. The lowest BCUT2D eigenvalue weighted by atomic mass is 9.89. The van der Waals surface area contributed by atoms with Crippen LogP contribution < -0.4 is 4.74 Å². The van der Waals surface area contributed by atoms with Gasteiger partial charge in [0.25, 0.3) is 0 Å². The molecular weight excluding hydrogens is 342 g/mol. The predicted octanol–water partition coefficient (Wildman–Crippen LogP) is 3.74. The second-order valence-corrected chi connectivity index (χ2v) is 6.70. The molecule has 0 amide bonds. The van der Waals surface area contributed by atoms with Gasteiger partial charge in [0, 0.05) is 16.6 Å². The molecule has 1 atom stereocenters. The van der Waals surface area contributed by atoms with E-state index in [1.807, 2.05) is 36.4 Å². The van der Waals surface area contributed by atoms with Crippen molar-refractivity contribution in [2.45, 2.75) is 25.9 Å². The lowest BCUT2D eigenvalue weighted by molar-refractivity contribution is -0.150. The molecule has 0 fully saturated rings. The van der Waals surface area contributed by atoms with Gasteiger partial charge < -0.3 is 14.6 Å². The number of hydrogen-bond donors (Lipinski definition) is 1. The molecule has 0 spiro atoms. The van der Waals surface area contributed by atoms with Crippen LogP contribution in [0.3, 0.4) is 0 Å². The highest BCUT2D eigenvalue weighted by Crippen LogP contribution is 2.39. The average Bonchev–Trinajstić information content (AvgIpc) is 2.71. The van der Waals surface area contributed by atoms with Crippen LogP contribution in [0, 0.1) is 6.92 Å². The fourth-order valence-corrected chi connectivity index (χ4v) is 3.74. The molecule has 27 heavy (non-hydrogen) atoms. The standard InChI is InChI=1S/C22H21NO4/c1-13-19(21(24)22(25)26-2)20(16-7-3-4-8-17(16)23-13)15-9-10-18-14(12-15)6-5-11-27-18/h3-4,7-10,12,21,24H,5-6,11H2,1-2H3. The molecule has 2 aromatic carbocycles. The molecule has 1 N–H and O–H groups in total. The van der Waals surface area contributed by atoms with E-state index in [2.05, 4.69) is 11.1 Å². The van der Waals surface area contributed by atoms with Crippen LogP contribution >= 0.6 is 0 Å². The van der Waals surface area contributed by atoms with Gasteiger partial charge in [0.05, 0.1) is 19.2 Å². The van der Waals surface area contributed by atoms with E-state index in [1.165, 1.54) is 7.11 Å². The Kier molecular flexibility index (Phi) is 4.54. The number of fused-ring (bicyclic) bond motifs is 2. The Morgan fingerprint density at radius 1 is 1.26 bits per heavy atom. The van der Waals surface area contributed by atoms with E-state index in [9.17, 15) is 9.90 Å². The maximum absolute atomic E-state index is 12.1. The van der Waals surface area contributed by atoms with Crippen LogP contribution in [0.4, 0.5) is 0 Å². The van der Waals surface area contributed by atoms with Crippen molar-refractivity contribution in [1.29, 1.82) is 0 Å². The van der Waals surface area contributed by atoms with Crippen molar-refractivity contribution in [3.8, 4) is 16.9 Å². The van der Waals surface area contributed by atoms with E-state index in [0.29, 0.717) is 11.3 Å². The van der Waals surface area contributed by atoms with E-state index >= 15 is 0 Å². The van der Waals surface area contributed by atoms with Gasteiger partial charge in [-0.05, 0) is 54.7 Å². The van der Waals surface area contributed by atoms with E-state index in [-0.39, 0.29) is 0 Å². The Hall–Kier alpha value is -2.92. The number of nitrogens with zero attached hydrogens (tertiary/aromatic N) is 1. The number of aliphatic hydroxyl groups is 1. The molecule has 1 aromatic heterocycles. The minimum Gasteiger partial charge on any atom is -0.493 e. The maximum Gasteiger partial charge on any atom is 0.339 e. The lowest BCUT2D eigenvalue weighted by Gasteiger charge is -2.21. The molecular formula is C22H21NO4. The molecule has 1 aliphatic rings. The monoisotopic (exact) mass is 363 g/mol. The third-order valence-corrected chi connectivity index (χ3v) is 5.02. The van der Waals surface area contributed by atoms with Crippen LogP contribution in [-0.2, 0) is 16.0 Å². The summed E-state index contributed by atoms with van der Waals surface area (Å²) in [4.78, 5) is 16.7. The van der Waals surface area contributed by atoms with Gasteiger partial charge in [0.2, 0.25) is 0 Å². The van der Waals surface area contributed by atoms with Crippen molar-refractivity contribution in [3.63, 3.8) is 0 Å². The van der Waals surface area contributed by atoms with E-state index in [4.69, 9.17) is 9.47 Å². The van der Waals surface area contributed by atoms with Crippen LogP contribution in [0.25, 0.3) is 22.0 Å². The molecule has 1 unspecified atom stereocenters. The first-order valence-electron chi connectivity index (χ1n) is 9.01. The minimum atomic E-state index is -1.39. The first kappa shape index (κ1) is 17.5. The van der Waals surface area contributed by atoms with Gasteiger partial charge in [-0.2, -0.15) is 0 Å². The summed E-state index contributed by atoms with van der Waals surface area (Å²) in [5.74, 6) is 0.202. The zero-order valence-electron chi connectivity index (χ0n) is 15.4. The number of para-hydroxylation sites is 1. The summed E-state index contributed by atoms with van der Waals surface area (Å²) >= 11 is 0. The summed E-state index contributed by atoms with van der Waals surface area (Å²) in [6.45, 7) is 2.54. The normalized spacial score (nSPS) is 14.3. The number of carbonyl (C=O) groups excluding carboxylic acids is 1. The van der Waals surface area contributed by atoms with Gasteiger partial charge in [-0.1, -0.05) is 24.3 Å². The summed E-state index contributed by atoms with van der Waals surface area (Å²) in [6.07, 6.45) is 0.527. The van der Waals surface area contributed by atoms with Gasteiger partial charge in [-0.25, -0.2) is 4.79 Å². The van der Waals surface area contributed by atoms with Crippen LogP contribution in [0.15, 0.2) is 42.5 Å². The van der Waals surface area contributed by atoms with E-state index in [0.717, 1.165) is 52.8 Å². The topological polar surface area (TPSA) is 68.7 Å². The zero-order valence-corrected chi connectivity index (χ0v) is 15.4. The summed E-state index contributed by atoms with van der Waals surface area (Å²) in [6, 6.07) is 13.8. The SMILES string of the molecule is COC(=O)C(O)c1c(C)nc2ccccc2c1-c1ccc2c(c1)CCCO2. The highest BCUT2D eigenvalue weighted by atomic mass is 16.5. The molecule has 2 heterocycles. The number of methoxy groups -OCH3 is 1. The molecule has 4 rings (SSSR count). The van der Waals surface area contributed by atoms with Crippen molar-refractivity contribution in [2.75, 3.05) is 13.7 Å². The second-order valence-electron chi connectivity index (χ2n) is 6.70. The van der Waals surface area contributed by atoms with E-state index in [1.54, 1.807) is 6.92 Å². The maximum atomic E-state index is 12.1. The fraction of sp³-hybridized carbons (Fsp3) is 0.273. The van der Waals surface area contributed by atoms with Crippen molar-refractivity contribution in [2.24, 2.45) is 0 Å². The fourth-order valence-electron chi connectivity index (χ4n) is 3.74. The van der Waals surface area contributed by atoms with Crippen LogP contribution in [0.1, 0.15) is 29.3 Å². The first-order valence-corrected chi connectivity index (χ1v) is 9.01. The molecule has 5 heteroatoms. The number of rotatable bonds is 3. The number of hydrogen-bond acceptors (Lipinski definition) is 5. The smallest absolute Gasteiger partial charge is 0.339 e. The summed E-state index contributed by atoms with van der Waals surface area (Å²) in [7, 11) is 1.27. The van der Waals surface area contributed by atoms with E-state index < -0.39 is 12.1 Å². The van der Waals surface area contributed by atoms with Gasteiger partial charge in [0.1, 0.15) is 5.75 Å². The van der Waals surface area contributed by atoms with Crippen molar-refractivity contribution in [3.05, 3.63) is 59.3 Å². The Labute approximate surface area is 157 Å². The zero-order chi connectivity index (χ0) is 19.0. The number of aromatic nitrogens is 1. The molecule has 138 valence electrons. The first-order chi connectivity index (χ1) is 13.1. The summed E-state index contributed by atoms with van der Waals surface area (Å²) in [5, 5.41) is 11.6. The minimum absolute atomic E-state index is 0.484. The van der Waals surface area contributed by atoms with Gasteiger partial charge in [-0.15, -0.1) is 0 Å². The summed E-state index contributed by atoms with van der Waals surface area (Å²) < 4.78 is 10.5. The number of esters is 1. The third-order valence-electron chi connectivity index (χ3n) is 5.02. The Bertz CT molecular complexity index is 1030. The summed E-state index contributed by atoms with van der Waals surface area (Å²) in [5.41, 5.74) is 4.78. The predicted molar refractivity (Wildman–Crippen MR) is 103 cm³/mol. The number of aryl methyl sites for hydroxylation is 2. The van der Waals surface area contributed by atoms with Crippen molar-refractivity contribution < 1.29 is 19.4 Å². The van der Waals surface area contributed by atoms with Crippen LogP contribution in [0.2, 0.25) is 0 Å². The van der Waals surface area contributed by atoms with Crippen LogP contribution in [0.5, 0.6) is 5.75 Å². The largest absolute Gasteiger partial charge is 0.493 e. The third kappa shape index (κ3) is 3.04. The lowest BCUT2D eigenvalue weighted by Crippen LogP contribution is -2.17. The average molecular weight is 363 g/mol. The molecule has 0 aliphatic carbocycles. The molecule has 0 radical (unpaired) electrons. The number of pyridine rings is 1. The number of ether oxygens (including phenoxy) is 2. The Balaban J connectivity index is 2.01. The van der Waals surface area contributed by atoms with Gasteiger partial charge in [-0.3, -0.25) is 4.98 Å². The Morgan fingerprint density at radius 2 is 2.07 bits per heavy atom. The van der Waals surface area contributed by atoms with Crippen molar-refractivity contribution in [1.82, 2.24) is 4.98 Å². The molecule has 0 bridgehead atoms. The molecule has 0 saturated heterocycles. The molecule has 1 aliphatic heterocycles. The second kappa shape index (κ2) is 7.00. The Morgan fingerprint density at radius 3 is 2.89 bits per heavy atom. The van der Waals surface area contributed by atoms with Crippen molar-refractivity contribution >= 4 is 16.9 Å². The molecule has 5 nitrogen and oxygen atoms in total. The quantitative estimate of drug-likeness (QED) is 0.718. The highest BCUT2D eigenvalue weighted by molar-refractivity contribution is 5.98. The highest BCUT2D eigenvalue weighted by Gasteiger charge is 2.27. The van der Waals surface area contributed by atoms with Gasteiger partial charge in [0.15, 0.2) is 6.10 Å². The number of carbonyl (C=O) groups is 1. The molecule has 3 aromatic rings. The number of benzene rings is 2. The van der Waals surface area contributed by atoms with Crippen LogP contribution in [-0.4, -0.2) is 29.8 Å².